The lowest BCUT2D eigenvalue weighted by molar-refractivity contribution is 0.571. The number of nitrogens with one attached hydrogen (secondary N) is 2. The zero-order valence-electron chi connectivity index (χ0n) is 13.6. The van der Waals surface area contributed by atoms with Crippen molar-refractivity contribution in [3.63, 3.8) is 0 Å². The topological polar surface area (TPSA) is 62.5 Å². The Morgan fingerprint density at radius 1 is 1.22 bits per heavy atom. The Balaban J connectivity index is 1.88. The summed E-state index contributed by atoms with van der Waals surface area (Å²) >= 11 is 0. The van der Waals surface area contributed by atoms with Crippen molar-refractivity contribution in [3.05, 3.63) is 42.0 Å². The minimum Gasteiger partial charge on any atom is -0.444 e. The van der Waals surface area contributed by atoms with Crippen LogP contribution in [-0.2, 0) is 6.42 Å². The molecule has 0 spiro atoms. The summed E-state index contributed by atoms with van der Waals surface area (Å²) in [7, 11) is 0. The Hall–Kier alpha value is -2.37. The molecule has 0 amide bonds. The second-order valence-electron chi connectivity index (χ2n) is 5.09. The maximum atomic E-state index is 12.9. The average molecular weight is 318 g/mol. The minimum atomic E-state index is -0.271. The van der Waals surface area contributed by atoms with Crippen molar-refractivity contribution in [1.29, 1.82) is 0 Å². The van der Waals surface area contributed by atoms with E-state index < -0.39 is 0 Å². The maximum absolute atomic E-state index is 12.9. The number of benzene rings is 1. The molecule has 0 unspecified atom stereocenters. The summed E-state index contributed by atoms with van der Waals surface area (Å²) in [5.74, 6) is 1.05. The highest BCUT2D eigenvalue weighted by molar-refractivity contribution is 5.79. The molecule has 2 rings (SSSR count). The van der Waals surface area contributed by atoms with Gasteiger partial charge in [0.2, 0.25) is 5.89 Å². The normalized spacial score (nSPS) is 11.5. The Kier molecular flexibility index (Phi) is 6.59. The van der Waals surface area contributed by atoms with Gasteiger partial charge in [-0.1, -0.05) is 6.92 Å². The Morgan fingerprint density at radius 3 is 2.70 bits per heavy atom. The molecule has 2 aromatic rings. The molecule has 0 bridgehead atoms. The van der Waals surface area contributed by atoms with Crippen molar-refractivity contribution in [1.82, 2.24) is 15.6 Å². The van der Waals surface area contributed by atoms with E-state index in [2.05, 4.69) is 27.5 Å². The lowest BCUT2D eigenvalue weighted by atomic mass is 10.2. The van der Waals surface area contributed by atoms with Crippen LogP contribution in [0.25, 0.3) is 11.5 Å². The van der Waals surface area contributed by atoms with Crippen molar-refractivity contribution in [2.24, 2.45) is 4.99 Å². The Labute approximate surface area is 136 Å². The second-order valence-corrected chi connectivity index (χ2v) is 5.09. The van der Waals surface area contributed by atoms with Crippen molar-refractivity contribution in [2.45, 2.75) is 26.7 Å². The molecular formula is C17H23FN4O. The zero-order valence-corrected chi connectivity index (χ0v) is 13.6. The standard InChI is InChI=1S/C17H23FN4O/c1-3-10-20-17(19-4-2)21-11-9-15-12-23-16(22-15)13-5-7-14(18)8-6-13/h5-8,12H,3-4,9-11H2,1-2H3,(H2,19,20,21). The van der Waals surface area contributed by atoms with Gasteiger partial charge in [-0.15, -0.1) is 0 Å². The van der Waals surface area contributed by atoms with Gasteiger partial charge < -0.3 is 15.1 Å². The van der Waals surface area contributed by atoms with E-state index in [1.54, 1.807) is 18.4 Å². The number of halogens is 1. The lowest BCUT2D eigenvalue weighted by Crippen LogP contribution is -2.38. The molecule has 6 heteroatoms. The number of oxazole rings is 1. The lowest BCUT2D eigenvalue weighted by Gasteiger charge is -2.10. The van der Waals surface area contributed by atoms with E-state index in [1.165, 1.54) is 12.1 Å². The van der Waals surface area contributed by atoms with Crippen molar-refractivity contribution >= 4 is 5.96 Å². The Morgan fingerprint density at radius 2 is 2.00 bits per heavy atom. The molecule has 0 aliphatic heterocycles. The first kappa shape index (κ1) is 17.0. The molecular weight excluding hydrogens is 295 g/mol. The van der Waals surface area contributed by atoms with E-state index in [0.717, 1.165) is 43.1 Å². The molecule has 0 radical (unpaired) electrons. The largest absolute Gasteiger partial charge is 0.444 e. The fourth-order valence-corrected chi connectivity index (χ4v) is 2.02. The quantitative estimate of drug-likeness (QED) is 0.608. The highest BCUT2D eigenvalue weighted by Gasteiger charge is 2.07. The molecule has 2 N–H and O–H groups in total. The second kappa shape index (κ2) is 8.92. The third-order valence-corrected chi connectivity index (χ3v) is 3.15. The summed E-state index contributed by atoms with van der Waals surface area (Å²) in [6.07, 6.45) is 3.37. The molecule has 5 nitrogen and oxygen atoms in total. The van der Waals surface area contributed by atoms with Crippen LogP contribution in [0, 0.1) is 5.82 Å². The minimum absolute atomic E-state index is 0.271. The SMILES string of the molecule is CCCN=C(NCC)NCCc1coc(-c2ccc(F)cc2)n1. The van der Waals surface area contributed by atoms with Crippen LogP contribution in [0.3, 0.4) is 0 Å². The fraction of sp³-hybridized carbons (Fsp3) is 0.412. The van der Waals surface area contributed by atoms with E-state index >= 15 is 0 Å². The predicted octanol–water partition coefficient (Wildman–Crippen LogP) is 2.99. The van der Waals surface area contributed by atoms with Gasteiger partial charge in [0.25, 0.3) is 0 Å². The van der Waals surface area contributed by atoms with Gasteiger partial charge in [-0.2, -0.15) is 0 Å². The van der Waals surface area contributed by atoms with Crippen LogP contribution < -0.4 is 10.6 Å². The molecule has 0 aliphatic carbocycles. The van der Waals surface area contributed by atoms with Crippen molar-refractivity contribution in [2.75, 3.05) is 19.6 Å². The molecule has 0 saturated heterocycles. The number of hydrogen-bond donors (Lipinski definition) is 2. The molecule has 0 aliphatic rings. The highest BCUT2D eigenvalue weighted by atomic mass is 19.1. The van der Waals surface area contributed by atoms with Gasteiger partial charge in [0.05, 0.1) is 5.69 Å². The van der Waals surface area contributed by atoms with E-state index in [0.29, 0.717) is 12.4 Å². The van der Waals surface area contributed by atoms with Crippen LogP contribution in [0.15, 0.2) is 39.9 Å². The van der Waals surface area contributed by atoms with Crippen LogP contribution in [-0.4, -0.2) is 30.6 Å². The molecule has 0 saturated carbocycles. The summed E-state index contributed by atoms with van der Waals surface area (Å²) in [5, 5.41) is 6.47. The first-order valence-corrected chi connectivity index (χ1v) is 7.95. The van der Waals surface area contributed by atoms with Crippen LogP contribution in [0.5, 0.6) is 0 Å². The van der Waals surface area contributed by atoms with Crippen molar-refractivity contribution in [3.8, 4) is 11.5 Å². The summed E-state index contributed by atoms with van der Waals surface area (Å²) in [6, 6.07) is 6.11. The zero-order chi connectivity index (χ0) is 16.5. The highest BCUT2D eigenvalue weighted by Crippen LogP contribution is 2.18. The van der Waals surface area contributed by atoms with Gasteiger partial charge in [0, 0.05) is 31.6 Å². The molecule has 1 heterocycles. The van der Waals surface area contributed by atoms with Crippen LogP contribution >= 0.6 is 0 Å². The fourth-order valence-electron chi connectivity index (χ4n) is 2.02. The van der Waals surface area contributed by atoms with Gasteiger partial charge in [-0.05, 0) is 37.6 Å². The monoisotopic (exact) mass is 318 g/mol. The summed E-state index contributed by atoms with van der Waals surface area (Å²) < 4.78 is 18.4. The summed E-state index contributed by atoms with van der Waals surface area (Å²) in [5.41, 5.74) is 1.62. The molecule has 1 aromatic carbocycles. The Bertz CT molecular complexity index is 622. The van der Waals surface area contributed by atoms with E-state index in [-0.39, 0.29) is 5.82 Å². The number of rotatable bonds is 7. The average Bonchev–Trinajstić information content (AvgIpc) is 3.02. The maximum Gasteiger partial charge on any atom is 0.226 e. The number of aliphatic imine (C=N–C) groups is 1. The van der Waals surface area contributed by atoms with E-state index in [9.17, 15) is 4.39 Å². The summed E-state index contributed by atoms with van der Waals surface area (Å²) in [4.78, 5) is 8.87. The van der Waals surface area contributed by atoms with Crippen LogP contribution in [0.4, 0.5) is 4.39 Å². The smallest absolute Gasteiger partial charge is 0.226 e. The molecule has 0 fully saturated rings. The summed E-state index contributed by atoms with van der Waals surface area (Å²) in [6.45, 7) is 6.47. The van der Waals surface area contributed by atoms with Gasteiger partial charge in [0.1, 0.15) is 12.1 Å². The van der Waals surface area contributed by atoms with E-state index in [4.69, 9.17) is 4.42 Å². The number of nitrogens with zero attached hydrogens (tertiary/aromatic N) is 2. The van der Waals surface area contributed by atoms with Crippen LogP contribution in [0.1, 0.15) is 26.0 Å². The number of aromatic nitrogens is 1. The van der Waals surface area contributed by atoms with Gasteiger partial charge in [0.15, 0.2) is 5.96 Å². The molecule has 23 heavy (non-hydrogen) atoms. The van der Waals surface area contributed by atoms with Gasteiger partial charge >= 0.3 is 0 Å². The molecule has 0 atom stereocenters. The van der Waals surface area contributed by atoms with Crippen molar-refractivity contribution < 1.29 is 8.81 Å². The van der Waals surface area contributed by atoms with Gasteiger partial charge in [-0.25, -0.2) is 9.37 Å². The molecule has 1 aromatic heterocycles. The van der Waals surface area contributed by atoms with E-state index in [1.807, 2.05) is 6.92 Å². The third-order valence-electron chi connectivity index (χ3n) is 3.15. The molecule has 124 valence electrons. The first-order valence-electron chi connectivity index (χ1n) is 7.95. The van der Waals surface area contributed by atoms with Crippen LogP contribution in [0.2, 0.25) is 0 Å². The number of hydrogen-bond acceptors (Lipinski definition) is 3. The first-order chi connectivity index (χ1) is 11.2. The number of guanidine groups is 1. The van der Waals surface area contributed by atoms with Gasteiger partial charge in [-0.3, -0.25) is 4.99 Å². The third kappa shape index (κ3) is 5.39. The predicted molar refractivity (Wildman–Crippen MR) is 89.9 cm³/mol.